The molecule has 0 bridgehead atoms. The first-order valence-corrected chi connectivity index (χ1v) is 10.0. The second-order valence-electron chi connectivity index (χ2n) is 7.07. The van der Waals surface area contributed by atoms with Gasteiger partial charge in [0.1, 0.15) is 12.1 Å². The van der Waals surface area contributed by atoms with Gasteiger partial charge in [0, 0.05) is 11.2 Å². The number of carbonyl (C=O) groups is 1. The van der Waals surface area contributed by atoms with Crippen molar-refractivity contribution >= 4 is 23.5 Å². The number of halogens is 1. The summed E-state index contributed by atoms with van der Waals surface area (Å²) < 4.78 is 8.90. The lowest BCUT2D eigenvalue weighted by Gasteiger charge is -2.07. The van der Waals surface area contributed by atoms with Crippen LogP contribution in [0.3, 0.4) is 0 Å². The zero-order chi connectivity index (χ0) is 21.8. The van der Waals surface area contributed by atoms with E-state index in [1.54, 1.807) is 35.4 Å². The van der Waals surface area contributed by atoms with Gasteiger partial charge in [0.05, 0.1) is 6.54 Å². The maximum atomic E-state index is 12.5. The van der Waals surface area contributed by atoms with Crippen LogP contribution in [-0.4, -0.2) is 30.5 Å². The number of aromatic nitrogens is 5. The Balaban J connectivity index is 1.34. The molecule has 2 aromatic heterocycles. The highest BCUT2D eigenvalue weighted by Gasteiger charge is 2.13. The van der Waals surface area contributed by atoms with Gasteiger partial charge in [-0.15, -0.1) is 5.10 Å². The van der Waals surface area contributed by atoms with Crippen molar-refractivity contribution in [2.45, 2.75) is 27.1 Å². The summed E-state index contributed by atoms with van der Waals surface area (Å²) in [6.07, 6.45) is 3.25. The monoisotopic (exact) mass is 436 g/mol. The summed E-state index contributed by atoms with van der Waals surface area (Å²) >= 11 is 6.02. The van der Waals surface area contributed by atoms with Gasteiger partial charge in [-0.3, -0.25) is 10.1 Å². The van der Waals surface area contributed by atoms with Crippen LogP contribution >= 0.6 is 11.6 Å². The van der Waals surface area contributed by atoms with E-state index in [0.717, 1.165) is 11.1 Å². The lowest BCUT2D eigenvalue weighted by Crippen LogP contribution is -2.15. The summed E-state index contributed by atoms with van der Waals surface area (Å²) in [7, 11) is 0. The third-order valence-corrected chi connectivity index (χ3v) is 5.15. The van der Waals surface area contributed by atoms with Crippen molar-refractivity contribution in [1.29, 1.82) is 0 Å². The number of carbonyl (C=O) groups excluding carboxylic acids is 1. The number of hydrogen-bond donors (Lipinski definition) is 1. The lowest BCUT2D eigenvalue weighted by atomic mass is 10.1. The Bertz CT molecular complexity index is 1220. The van der Waals surface area contributed by atoms with E-state index < -0.39 is 5.91 Å². The molecule has 1 N–H and O–H groups in total. The van der Waals surface area contributed by atoms with Crippen molar-refractivity contribution in [3.8, 4) is 5.75 Å². The summed E-state index contributed by atoms with van der Waals surface area (Å²) in [5.74, 6) is 0.502. The Morgan fingerprint density at radius 2 is 1.90 bits per heavy atom. The molecule has 0 radical (unpaired) electrons. The number of nitrogens with one attached hydrogen (secondary N) is 1. The average Bonchev–Trinajstić information content (AvgIpc) is 3.40. The highest BCUT2D eigenvalue weighted by molar-refractivity contribution is 6.31. The summed E-state index contributed by atoms with van der Waals surface area (Å²) in [6.45, 7) is 4.69. The molecule has 158 valence electrons. The van der Waals surface area contributed by atoms with Gasteiger partial charge in [-0.2, -0.15) is 5.10 Å². The van der Waals surface area contributed by atoms with Gasteiger partial charge in [-0.25, -0.2) is 14.3 Å². The van der Waals surface area contributed by atoms with Crippen LogP contribution in [0, 0.1) is 13.8 Å². The number of aryl methyl sites for hydroxylation is 2. The average molecular weight is 437 g/mol. The molecule has 0 saturated carbocycles. The van der Waals surface area contributed by atoms with Crippen LogP contribution in [0.25, 0.3) is 0 Å². The molecule has 2 aromatic carbocycles. The standard InChI is InChI=1S/C22H21ClN6O2/c1-15-5-3-4-6-17(15)12-29-13-24-22(27-29)25-21(30)20-9-10-28(26-20)14-31-18-7-8-19(23)16(2)11-18/h3-11,13H,12,14H2,1-2H3,(H,25,27,30). The summed E-state index contributed by atoms with van der Waals surface area (Å²) in [5, 5.41) is 11.9. The molecule has 0 fully saturated rings. The molecule has 4 aromatic rings. The number of benzene rings is 2. The van der Waals surface area contributed by atoms with E-state index in [4.69, 9.17) is 16.3 Å². The number of nitrogens with zero attached hydrogens (tertiary/aromatic N) is 5. The predicted octanol–water partition coefficient (Wildman–Crippen LogP) is 4.08. The molecule has 31 heavy (non-hydrogen) atoms. The highest BCUT2D eigenvalue weighted by Crippen LogP contribution is 2.21. The van der Waals surface area contributed by atoms with Crippen LogP contribution in [0.5, 0.6) is 5.75 Å². The smallest absolute Gasteiger partial charge is 0.278 e. The first kappa shape index (κ1) is 20.6. The minimum absolute atomic E-state index is 0.164. The maximum absolute atomic E-state index is 12.5. The van der Waals surface area contributed by atoms with Crippen LogP contribution in [-0.2, 0) is 13.3 Å². The van der Waals surface area contributed by atoms with Gasteiger partial charge in [-0.1, -0.05) is 35.9 Å². The van der Waals surface area contributed by atoms with Crippen molar-refractivity contribution in [2.75, 3.05) is 5.32 Å². The highest BCUT2D eigenvalue weighted by atomic mass is 35.5. The second-order valence-corrected chi connectivity index (χ2v) is 7.48. The lowest BCUT2D eigenvalue weighted by molar-refractivity contribution is 0.101. The third kappa shape index (κ3) is 5.10. The molecular weight excluding hydrogens is 416 g/mol. The predicted molar refractivity (Wildman–Crippen MR) is 117 cm³/mol. The quantitative estimate of drug-likeness (QED) is 0.471. The Morgan fingerprint density at radius 1 is 1.06 bits per heavy atom. The van der Waals surface area contributed by atoms with Crippen LogP contribution in [0.15, 0.2) is 61.1 Å². The number of amides is 1. The Morgan fingerprint density at radius 3 is 2.71 bits per heavy atom. The normalized spacial score (nSPS) is 10.8. The van der Waals surface area contributed by atoms with E-state index in [1.807, 2.05) is 44.2 Å². The largest absolute Gasteiger partial charge is 0.471 e. The molecule has 0 saturated heterocycles. The fourth-order valence-electron chi connectivity index (χ4n) is 2.96. The van der Waals surface area contributed by atoms with E-state index in [9.17, 15) is 4.79 Å². The first-order valence-electron chi connectivity index (χ1n) is 9.65. The van der Waals surface area contributed by atoms with E-state index in [0.29, 0.717) is 17.3 Å². The van der Waals surface area contributed by atoms with Crippen LogP contribution in [0.2, 0.25) is 5.02 Å². The van der Waals surface area contributed by atoms with Crippen molar-refractivity contribution < 1.29 is 9.53 Å². The molecule has 2 heterocycles. The zero-order valence-corrected chi connectivity index (χ0v) is 17.9. The van der Waals surface area contributed by atoms with E-state index in [1.165, 1.54) is 10.2 Å². The van der Waals surface area contributed by atoms with Crippen molar-refractivity contribution in [3.05, 3.63) is 88.5 Å². The molecule has 4 rings (SSSR count). The van der Waals surface area contributed by atoms with Gasteiger partial charge >= 0.3 is 0 Å². The van der Waals surface area contributed by atoms with E-state index >= 15 is 0 Å². The summed E-state index contributed by atoms with van der Waals surface area (Å²) in [4.78, 5) is 16.6. The zero-order valence-electron chi connectivity index (χ0n) is 17.1. The topological polar surface area (TPSA) is 86.9 Å². The minimum atomic E-state index is -0.394. The van der Waals surface area contributed by atoms with Gasteiger partial charge in [-0.05, 0) is 54.8 Å². The SMILES string of the molecule is Cc1cc(OCn2ccc(C(=O)Nc3ncn(Cc4ccccc4C)n3)n2)ccc1Cl. The molecular formula is C22H21ClN6O2. The van der Waals surface area contributed by atoms with Gasteiger partial charge in [0.2, 0.25) is 5.95 Å². The fraction of sp³-hybridized carbons (Fsp3) is 0.182. The van der Waals surface area contributed by atoms with E-state index in [-0.39, 0.29) is 18.4 Å². The molecule has 0 unspecified atom stereocenters. The molecule has 0 aliphatic rings. The number of anilines is 1. The van der Waals surface area contributed by atoms with Crippen LogP contribution in [0.4, 0.5) is 5.95 Å². The number of rotatable bonds is 7. The van der Waals surface area contributed by atoms with E-state index in [2.05, 4.69) is 20.5 Å². The molecule has 0 atom stereocenters. The molecule has 1 amide bonds. The molecule has 9 heteroatoms. The minimum Gasteiger partial charge on any atom is -0.471 e. The molecule has 0 aliphatic heterocycles. The third-order valence-electron chi connectivity index (χ3n) is 4.72. The summed E-state index contributed by atoms with van der Waals surface area (Å²) in [6, 6.07) is 15.1. The number of ether oxygens (including phenoxy) is 1. The van der Waals surface area contributed by atoms with Crippen molar-refractivity contribution in [2.24, 2.45) is 0 Å². The Kier molecular flexibility index (Phi) is 5.99. The first-order chi connectivity index (χ1) is 15.0. The van der Waals surface area contributed by atoms with Gasteiger partial charge in [0.15, 0.2) is 12.4 Å². The fourth-order valence-corrected chi connectivity index (χ4v) is 3.08. The van der Waals surface area contributed by atoms with Crippen LogP contribution in [0.1, 0.15) is 27.2 Å². The Labute approximate surface area is 184 Å². The van der Waals surface area contributed by atoms with Crippen molar-refractivity contribution in [3.63, 3.8) is 0 Å². The molecule has 8 nitrogen and oxygen atoms in total. The second kappa shape index (κ2) is 9.01. The van der Waals surface area contributed by atoms with Gasteiger partial charge < -0.3 is 4.74 Å². The Hall–Kier alpha value is -3.65. The number of hydrogen-bond acceptors (Lipinski definition) is 5. The van der Waals surface area contributed by atoms with Gasteiger partial charge in [0.25, 0.3) is 5.91 Å². The van der Waals surface area contributed by atoms with Crippen LogP contribution < -0.4 is 10.1 Å². The molecule has 0 aliphatic carbocycles. The summed E-state index contributed by atoms with van der Waals surface area (Å²) in [5.41, 5.74) is 3.48. The molecule has 0 spiro atoms. The maximum Gasteiger partial charge on any atom is 0.278 e. The van der Waals surface area contributed by atoms with Crippen molar-refractivity contribution in [1.82, 2.24) is 24.5 Å².